The van der Waals surface area contributed by atoms with Gasteiger partial charge in [-0.2, -0.15) is 0 Å². The van der Waals surface area contributed by atoms with Crippen molar-refractivity contribution in [2.24, 2.45) is 0 Å². The highest BCUT2D eigenvalue weighted by molar-refractivity contribution is 9.10. The second kappa shape index (κ2) is 6.06. The fourth-order valence-corrected chi connectivity index (χ4v) is 2.30. The van der Waals surface area contributed by atoms with E-state index in [1.165, 1.54) is 0 Å². The largest absolute Gasteiger partial charge is 0.349 e. The third kappa shape index (κ3) is 3.36. The molecular weight excluding hydrogens is 314 g/mol. The molecule has 1 N–H and O–H groups in total. The lowest BCUT2D eigenvalue weighted by Crippen LogP contribution is -2.28. The number of halogens is 1. The Balaban J connectivity index is 2.01. The first-order chi connectivity index (χ1) is 8.66. The van der Waals surface area contributed by atoms with Gasteiger partial charge < -0.3 is 5.32 Å². The third-order valence-corrected chi connectivity index (χ3v) is 3.62. The van der Waals surface area contributed by atoms with Gasteiger partial charge in [-0.15, -0.1) is 11.3 Å². The van der Waals surface area contributed by atoms with Crippen LogP contribution in [0.4, 0.5) is 0 Å². The third-order valence-electron chi connectivity index (χ3n) is 2.27. The molecule has 94 valence electrons. The number of pyridine rings is 1. The maximum atomic E-state index is 11.4. The van der Waals surface area contributed by atoms with Gasteiger partial charge in [0.2, 0.25) is 5.91 Å². The summed E-state index contributed by atoms with van der Waals surface area (Å²) in [4.78, 5) is 19.7. The highest BCUT2D eigenvalue weighted by Crippen LogP contribution is 2.22. The predicted molar refractivity (Wildman–Crippen MR) is 75.6 cm³/mol. The number of nitrogens with one attached hydrogen (secondary N) is 1. The Morgan fingerprint density at radius 2 is 2.44 bits per heavy atom. The number of amides is 1. The molecule has 0 saturated carbocycles. The van der Waals surface area contributed by atoms with E-state index < -0.39 is 0 Å². The molecule has 0 aromatic carbocycles. The number of hydrogen-bond donors (Lipinski definition) is 1. The lowest BCUT2D eigenvalue weighted by atomic mass is 10.3. The molecule has 4 nitrogen and oxygen atoms in total. The van der Waals surface area contributed by atoms with Gasteiger partial charge in [-0.05, 0) is 19.1 Å². The molecule has 6 heteroatoms. The fourth-order valence-electron chi connectivity index (χ4n) is 1.33. The Bertz CT molecular complexity index is 527. The Morgan fingerprint density at radius 3 is 3.11 bits per heavy atom. The summed E-state index contributed by atoms with van der Waals surface area (Å²) < 4.78 is 0. The summed E-state index contributed by atoms with van der Waals surface area (Å²) in [5.41, 5.74) is 1.86. The zero-order valence-corrected chi connectivity index (χ0v) is 12.2. The van der Waals surface area contributed by atoms with E-state index >= 15 is 0 Å². The van der Waals surface area contributed by atoms with Crippen molar-refractivity contribution in [1.29, 1.82) is 0 Å². The summed E-state index contributed by atoms with van der Waals surface area (Å²) in [6, 6.07) is 3.85. The zero-order valence-electron chi connectivity index (χ0n) is 9.76. The van der Waals surface area contributed by atoms with E-state index in [1.54, 1.807) is 30.7 Å². The van der Waals surface area contributed by atoms with Gasteiger partial charge in [0.05, 0.1) is 17.1 Å². The van der Waals surface area contributed by atoms with Crippen molar-refractivity contribution in [2.75, 3.05) is 0 Å². The lowest BCUT2D eigenvalue weighted by molar-refractivity contribution is -0.120. The van der Waals surface area contributed by atoms with E-state index in [9.17, 15) is 4.79 Å². The fraction of sp³-hybridized carbons (Fsp3) is 0.250. The molecule has 0 radical (unpaired) electrons. The summed E-state index contributed by atoms with van der Waals surface area (Å²) in [5.74, 6) is -0.0362. The smallest absolute Gasteiger partial charge is 0.233 e. The zero-order chi connectivity index (χ0) is 13.0. The number of carbonyl (C=O) groups is 1. The minimum Gasteiger partial charge on any atom is -0.349 e. The van der Waals surface area contributed by atoms with Crippen molar-refractivity contribution < 1.29 is 4.79 Å². The molecular formula is C12H12BrN3OS. The SMILES string of the molecule is CC(Br)C(=O)NCc1csc(-c2cccnc2)n1. The number of aromatic nitrogens is 2. The van der Waals surface area contributed by atoms with Crippen LogP contribution in [0.5, 0.6) is 0 Å². The number of hydrogen-bond acceptors (Lipinski definition) is 4. The topological polar surface area (TPSA) is 54.9 Å². The van der Waals surface area contributed by atoms with Gasteiger partial charge in [-0.25, -0.2) is 4.98 Å². The number of thiazole rings is 1. The van der Waals surface area contributed by atoms with Crippen molar-refractivity contribution >= 4 is 33.2 Å². The van der Waals surface area contributed by atoms with Crippen LogP contribution in [0.15, 0.2) is 29.9 Å². The Labute approximate surface area is 118 Å². The lowest BCUT2D eigenvalue weighted by Gasteiger charge is -2.03. The molecule has 0 fully saturated rings. The second-order valence-corrected chi connectivity index (χ2v) is 5.95. The van der Waals surface area contributed by atoms with Gasteiger partial charge in [0, 0.05) is 23.3 Å². The van der Waals surface area contributed by atoms with E-state index in [4.69, 9.17) is 0 Å². The number of carbonyl (C=O) groups excluding carboxylic acids is 1. The van der Waals surface area contributed by atoms with Crippen LogP contribution < -0.4 is 5.32 Å². The average molecular weight is 326 g/mol. The number of rotatable bonds is 4. The van der Waals surface area contributed by atoms with Crippen LogP contribution in [0.3, 0.4) is 0 Å². The summed E-state index contributed by atoms with van der Waals surface area (Å²) in [7, 11) is 0. The number of nitrogens with zero attached hydrogens (tertiary/aromatic N) is 2. The molecule has 2 heterocycles. The molecule has 18 heavy (non-hydrogen) atoms. The van der Waals surface area contributed by atoms with E-state index in [1.807, 2.05) is 17.5 Å². The molecule has 1 atom stereocenters. The van der Waals surface area contributed by atoms with Gasteiger partial charge in [0.15, 0.2) is 0 Å². The van der Waals surface area contributed by atoms with Gasteiger partial charge in [0.1, 0.15) is 5.01 Å². The van der Waals surface area contributed by atoms with Crippen LogP contribution in [0.1, 0.15) is 12.6 Å². The molecule has 0 saturated heterocycles. The van der Waals surface area contributed by atoms with Crippen molar-refractivity contribution in [3.63, 3.8) is 0 Å². The molecule has 0 aliphatic heterocycles. The molecule has 1 unspecified atom stereocenters. The van der Waals surface area contributed by atoms with Crippen LogP contribution in [0, 0.1) is 0 Å². The Hall–Kier alpha value is -1.27. The van der Waals surface area contributed by atoms with Crippen LogP contribution in [0.2, 0.25) is 0 Å². The van der Waals surface area contributed by atoms with E-state index in [0.717, 1.165) is 16.3 Å². The molecule has 1 amide bonds. The molecule has 0 bridgehead atoms. The minimum atomic E-state index is -0.186. The first kappa shape index (κ1) is 13.2. The van der Waals surface area contributed by atoms with Gasteiger partial charge in [-0.1, -0.05) is 15.9 Å². The Morgan fingerprint density at radius 1 is 1.61 bits per heavy atom. The summed E-state index contributed by atoms with van der Waals surface area (Å²) in [6.45, 7) is 2.24. The van der Waals surface area contributed by atoms with Crippen molar-refractivity contribution in [1.82, 2.24) is 15.3 Å². The summed E-state index contributed by atoms with van der Waals surface area (Å²) in [6.07, 6.45) is 3.51. The normalized spacial score (nSPS) is 12.1. The summed E-state index contributed by atoms with van der Waals surface area (Å²) in [5, 5.41) is 5.67. The molecule has 0 aliphatic carbocycles. The highest BCUT2D eigenvalue weighted by Gasteiger charge is 2.09. The predicted octanol–water partition coefficient (Wildman–Crippen LogP) is 2.60. The first-order valence-corrected chi connectivity index (χ1v) is 7.23. The van der Waals surface area contributed by atoms with Crippen molar-refractivity contribution in [3.8, 4) is 10.6 Å². The van der Waals surface area contributed by atoms with E-state index in [-0.39, 0.29) is 10.7 Å². The van der Waals surface area contributed by atoms with Crippen LogP contribution in [-0.4, -0.2) is 20.7 Å². The van der Waals surface area contributed by atoms with Gasteiger partial charge in [-0.3, -0.25) is 9.78 Å². The number of alkyl halides is 1. The monoisotopic (exact) mass is 325 g/mol. The maximum Gasteiger partial charge on any atom is 0.233 e. The molecule has 2 aromatic heterocycles. The average Bonchev–Trinajstić information content (AvgIpc) is 2.85. The molecule has 2 aromatic rings. The van der Waals surface area contributed by atoms with E-state index in [0.29, 0.717) is 6.54 Å². The standard InChI is InChI=1S/C12H12BrN3OS/c1-8(13)11(17)15-6-10-7-18-12(16-10)9-3-2-4-14-5-9/h2-5,7-8H,6H2,1H3,(H,15,17). The Kier molecular flexibility index (Phi) is 4.43. The van der Waals surface area contributed by atoms with Gasteiger partial charge in [0.25, 0.3) is 0 Å². The maximum absolute atomic E-state index is 11.4. The molecule has 0 aliphatic rings. The quantitative estimate of drug-likeness (QED) is 0.879. The van der Waals surface area contributed by atoms with Gasteiger partial charge >= 0.3 is 0 Å². The molecule has 0 spiro atoms. The highest BCUT2D eigenvalue weighted by atomic mass is 79.9. The summed E-state index contributed by atoms with van der Waals surface area (Å²) >= 11 is 4.77. The van der Waals surface area contributed by atoms with Crippen molar-refractivity contribution in [3.05, 3.63) is 35.6 Å². The molecule has 2 rings (SSSR count). The first-order valence-electron chi connectivity index (χ1n) is 5.43. The van der Waals surface area contributed by atoms with Crippen LogP contribution in [0.25, 0.3) is 10.6 Å². The van der Waals surface area contributed by atoms with Crippen molar-refractivity contribution in [2.45, 2.75) is 18.3 Å². The second-order valence-electron chi connectivity index (χ2n) is 3.72. The van der Waals surface area contributed by atoms with E-state index in [2.05, 4.69) is 31.2 Å². The minimum absolute atomic E-state index is 0.0362. The van der Waals surface area contributed by atoms with Crippen LogP contribution >= 0.6 is 27.3 Å². The van der Waals surface area contributed by atoms with Crippen LogP contribution in [-0.2, 0) is 11.3 Å².